The Kier molecular flexibility index (Phi) is 1.34. The molecular formula is C9H12N2. The molecule has 0 saturated carbocycles. The lowest BCUT2D eigenvalue weighted by Gasteiger charge is -2.17. The van der Waals surface area contributed by atoms with E-state index in [0.717, 1.165) is 12.4 Å². The summed E-state index contributed by atoms with van der Waals surface area (Å²) in [5, 5.41) is 0. The van der Waals surface area contributed by atoms with Crippen LogP contribution in [0.15, 0.2) is 28.9 Å². The predicted octanol–water partition coefficient (Wildman–Crippen LogP) is 1.56. The van der Waals surface area contributed by atoms with Gasteiger partial charge in [-0.25, -0.2) is 0 Å². The smallest absolute Gasteiger partial charge is 0.127 e. The van der Waals surface area contributed by atoms with Crippen molar-refractivity contribution in [2.75, 3.05) is 6.54 Å². The molecule has 0 fully saturated rings. The highest BCUT2D eigenvalue weighted by Crippen LogP contribution is 2.16. The van der Waals surface area contributed by atoms with Gasteiger partial charge in [0.2, 0.25) is 0 Å². The molecule has 1 unspecified atom stereocenters. The molecule has 0 aromatic rings. The molecule has 0 spiro atoms. The second-order valence-corrected chi connectivity index (χ2v) is 3.20. The van der Waals surface area contributed by atoms with Crippen LogP contribution in [-0.4, -0.2) is 23.3 Å². The molecule has 0 saturated heterocycles. The molecule has 0 N–H and O–H groups in total. The van der Waals surface area contributed by atoms with Gasteiger partial charge in [-0.05, 0) is 25.5 Å². The highest BCUT2D eigenvalue weighted by molar-refractivity contribution is 5.96. The Morgan fingerprint density at radius 3 is 3.18 bits per heavy atom. The highest BCUT2D eigenvalue weighted by Gasteiger charge is 2.19. The van der Waals surface area contributed by atoms with Crippen molar-refractivity contribution >= 4 is 5.84 Å². The number of amidine groups is 1. The lowest BCUT2D eigenvalue weighted by atomic mass is 10.2. The van der Waals surface area contributed by atoms with Crippen molar-refractivity contribution in [3.05, 3.63) is 23.9 Å². The van der Waals surface area contributed by atoms with Crippen molar-refractivity contribution < 1.29 is 0 Å². The van der Waals surface area contributed by atoms with Gasteiger partial charge < -0.3 is 4.90 Å². The van der Waals surface area contributed by atoms with Gasteiger partial charge in [0, 0.05) is 12.7 Å². The van der Waals surface area contributed by atoms with Crippen LogP contribution in [-0.2, 0) is 0 Å². The van der Waals surface area contributed by atoms with E-state index in [1.807, 2.05) is 0 Å². The first-order valence-electron chi connectivity index (χ1n) is 3.96. The molecule has 2 nitrogen and oxygen atoms in total. The highest BCUT2D eigenvalue weighted by atomic mass is 15.2. The third kappa shape index (κ3) is 1.09. The molecule has 2 aliphatic rings. The van der Waals surface area contributed by atoms with Gasteiger partial charge in [-0.2, -0.15) is 0 Å². The maximum atomic E-state index is 4.46. The molecule has 2 heterocycles. The Labute approximate surface area is 66.9 Å². The van der Waals surface area contributed by atoms with E-state index in [1.54, 1.807) is 0 Å². The molecule has 0 amide bonds. The minimum atomic E-state index is 0.455. The minimum Gasteiger partial charge on any atom is -0.331 e. The summed E-state index contributed by atoms with van der Waals surface area (Å²) in [5.41, 5.74) is 1.30. The summed E-state index contributed by atoms with van der Waals surface area (Å²) in [7, 11) is 0. The van der Waals surface area contributed by atoms with E-state index in [1.165, 1.54) is 5.57 Å². The molecule has 2 heteroatoms. The van der Waals surface area contributed by atoms with Crippen LogP contribution in [0.25, 0.3) is 0 Å². The zero-order valence-corrected chi connectivity index (χ0v) is 6.91. The monoisotopic (exact) mass is 148 g/mol. The number of allylic oxidation sites excluding steroid dienone is 2. The number of rotatable bonds is 0. The minimum absolute atomic E-state index is 0.455. The molecule has 2 aliphatic heterocycles. The van der Waals surface area contributed by atoms with Crippen LogP contribution in [0.4, 0.5) is 0 Å². The lowest BCUT2D eigenvalue weighted by Crippen LogP contribution is -2.23. The van der Waals surface area contributed by atoms with Crippen LogP contribution < -0.4 is 0 Å². The third-order valence-electron chi connectivity index (χ3n) is 1.96. The SMILES string of the molecule is CC1=CN2CC(C)N=C2C=C1. The van der Waals surface area contributed by atoms with Crippen LogP contribution in [0.1, 0.15) is 13.8 Å². The van der Waals surface area contributed by atoms with E-state index in [-0.39, 0.29) is 0 Å². The standard InChI is InChI=1S/C9H12N2/c1-7-3-4-9-10-8(2)6-11(9)5-7/h3-5,8H,6H2,1-2H3. The second-order valence-electron chi connectivity index (χ2n) is 3.20. The van der Waals surface area contributed by atoms with Gasteiger partial charge in [0.15, 0.2) is 0 Å². The van der Waals surface area contributed by atoms with E-state index in [9.17, 15) is 0 Å². The topological polar surface area (TPSA) is 15.6 Å². The summed E-state index contributed by atoms with van der Waals surface area (Å²) in [4.78, 5) is 6.66. The quantitative estimate of drug-likeness (QED) is 0.509. The Hall–Kier alpha value is -1.05. The Bertz CT molecular complexity index is 261. The van der Waals surface area contributed by atoms with E-state index in [2.05, 4.69) is 42.1 Å². The van der Waals surface area contributed by atoms with Crippen molar-refractivity contribution in [3.8, 4) is 0 Å². The number of hydrogen-bond donors (Lipinski definition) is 0. The number of fused-ring (bicyclic) bond motifs is 1. The fraction of sp³-hybridized carbons (Fsp3) is 0.444. The Balaban J connectivity index is 2.29. The van der Waals surface area contributed by atoms with Gasteiger partial charge in [0.1, 0.15) is 5.84 Å². The number of aliphatic imine (C=N–C) groups is 1. The summed E-state index contributed by atoms with van der Waals surface area (Å²) in [6, 6.07) is 0.455. The van der Waals surface area contributed by atoms with Crippen molar-refractivity contribution in [1.29, 1.82) is 0 Å². The molecule has 58 valence electrons. The van der Waals surface area contributed by atoms with Gasteiger partial charge in [-0.15, -0.1) is 0 Å². The second kappa shape index (κ2) is 2.22. The van der Waals surface area contributed by atoms with E-state index < -0.39 is 0 Å². The summed E-state index contributed by atoms with van der Waals surface area (Å²) < 4.78 is 0. The molecule has 2 rings (SSSR count). The van der Waals surface area contributed by atoms with Gasteiger partial charge in [-0.1, -0.05) is 6.08 Å². The first-order chi connectivity index (χ1) is 5.25. The van der Waals surface area contributed by atoms with E-state index in [0.29, 0.717) is 6.04 Å². The summed E-state index contributed by atoms with van der Waals surface area (Å²) in [6.07, 6.45) is 6.34. The van der Waals surface area contributed by atoms with Crippen LogP contribution in [0, 0.1) is 0 Å². The summed E-state index contributed by atoms with van der Waals surface area (Å²) in [6.45, 7) is 5.29. The average Bonchev–Trinajstić information content (AvgIpc) is 2.27. The largest absolute Gasteiger partial charge is 0.331 e. The molecule has 0 aromatic carbocycles. The van der Waals surface area contributed by atoms with Crippen molar-refractivity contribution in [2.45, 2.75) is 19.9 Å². The van der Waals surface area contributed by atoms with Crippen LogP contribution in [0.5, 0.6) is 0 Å². The molecule has 0 aliphatic carbocycles. The van der Waals surface area contributed by atoms with Gasteiger partial charge in [0.05, 0.1) is 6.04 Å². The molecule has 0 aromatic heterocycles. The van der Waals surface area contributed by atoms with Gasteiger partial charge >= 0.3 is 0 Å². The third-order valence-corrected chi connectivity index (χ3v) is 1.96. The van der Waals surface area contributed by atoms with Crippen molar-refractivity contribution in [1.82, 2.24) is 4.90 Å². The zero-order valence-electron chi connectivity index (χ0n) is 6.91. The Morgan fingerprint density at radius 1 is 1.55 bits per heavy atom. The molecule has 0 bridgehead atoms. The molecule has 1 atom stereocenters. The van der Waals surface area contributed by atoms with Crippen LogP contribution >= 0.6 is 0 Å². The maximum Gasteiger partial charge on any atom is 0.127 e. The van der Waals surface area contributed by atoms with Crippen LogP contribution in [0.2, 0.25) is 0 Å². The number of nitrogens with zero attached hydrogens (tertiary/aromatic N) is 2. The first-order valence-corrected chi connectivity index (χ1v) is 3.96. The zero-order chi connectivity index (χ0) is 7.84. The van der Waals surface area contributed by atoms with Crippen molar-refractivity contribution in [2.24, 2.45) is 4.99 Å². The van der Waals surface area contributed by atoms with Gasteiger partial charge in [0.25, 0.3) is 0 Å². The average molecular weight is 148 g/mol. The van der Waals surface area contributed by atoms with E-state index in [4.69, 9.17) is 0 Å². The molecule has 11 heavy (non-hydrogen) atoms. The normalized spacial score (nSPS) is 28.2. The number of hydrogen-bond acceptors (Lipinski definition) is 2. The summed E-state index contributed by atoms with van der Waals surface area (Å²) >= 11 is 0. The van der Waals surface area contributed by atoms with E-state index >= 15 is 0 Å². The molecule has 0 radical (unpaired) electrons. The molecular weight excluding hydrogens is 136 g/mol. The fourth-order valence-corrected chi connectivity index (χ4v) is 1.47. The first kappa shape index (κ1) is 6.65. The maximum absolute atomic E-state index is 4.46. The van der Waals surface area contributed by atoms with Gasteiger partial charge in [-0.3, -0.25) is 4.99 Å². The fourth-order valence-electron chi connectivity index (χ4n) is 1.47. The lowest BCUT2D eigenvalue weighted by molar-refractivity contribution is 0.554. The van der Waals surface area contributed by atoms with Crippen LogP contribution in [0.3, 0.4) is 0 Å². The summed E-state index contributed by atoms with van der Waals surface area (Å²) in [5.74, 6) is 1.11. The van der Waals surface area contributed by atoms with Crippen molar-refractivity contribution in [3.63, 3.8) is 0 Å². The predicted molar refractivity (Wildman–Crippen MR) is 46.5 cm³/mol. The Morgan fingerprint density at radius 2 is 2.36 bits per heavy atom.